The zero-order valence-electron chi connectivity index (χ0n) is 23.3. The lowest BCUT2D eigenvalue weighted by Crippen LogP contribution is -2.32. The van der Waals surface area contributed by atoms with Crippen LogP contribution in [-0.2, 0) is 10.2 Å². The summed E-state index contributed by atoms with van der Waals surface area (Å²) < 4.78 is 12.4. The van der Waals surface area contributed by atoms with Crippen LogP contribution in [0.5, 0.6) is 11.5 Å². The number of nitrogens with one attached hydrogen (secondary N) is 1. The summed E-state index contributed by atoms with van der Waals surface area (Å²) in [5.41, 5.74) is 16.5. The standard InChI is InChI=1S/C39H28N2O2/c40-37(25-11-2-1-3-12-25)43-38(41)28-14-10-13-26(23-28)27-21-22-36-34(24-27)39(33-19-8-9-20-35(33)42-36)31-17-6-4-15-29(31)30-16-5-7-18-32(30)39/h1-24,37,41H,40H2/t37-/m1/s1. The van der Waals surface area contributed by atoms with Crippen molar-refractivity contribution >= 4 is 5.90 Å². The molecule has 6 aromatic rings. The van der Waals surface area contributed by atoms with Gasteiger partial charge in [-0.25, -0.2) is 0 Å². The predicted octanol–water partition coefficient (Wildman–Crippen LogP) is 8.82. The topological polar surface area (TPSA) is 68.3 Å². The van der Waals surface area contributed by atoms with Crippen LogP contribution in [0.15, 0.2) is 146 Å². The third-order valence-corrected chi connectivity index (χ3v) is 8.68. The first kappa shape index (κ1) is 25.3. The van der Waals surface area contributed by atoms with Gasteiger partial charge in [0, 0.05) is 22.3 Å². The van der Waals surface area contributed by atoms with E-state index >= 15 is 0 Å². The van der Waals surface area contributed by atoms with E-state index in [1.807, 2.05) is 54.6 Å². The molecule has 1 atom stereocenters. The first-order chi connectivity index (χ1) is 21.1. The molecular formula is C39H28N2O2. The Morgan fingerprint density at radius 2 is 1.19 bits per heavy atom. The van der Waals surface area contributed by atoms with Gasteiger partial charge in [0.05, 0.1) is 5.41 Å². The van der Waals surface area contributed by atoms with Crippen LogP contribution in [0.25, 0.3) is 22.3 Å². The number of rotatable bonds is 4. The quantitative estimate of drug-likeness (QED) is 0.129. The molecule has 0 saturated carbocycles. The van der Waals surface area contributed by atoms with E-state index in [0.29, 0.717) is 5.56 Å². The minimum Gasteiger partial charge on any atom is -0.457 e. The summed E-state index contributed by atoms with van der Waals surface area (Å²) >= 11 is 0. The first-order valence-corrected chi connectivity index (χ1v) is 14.4. The second-order valence-electron chi connectivity index (χ2n) is 11.0. The molecule has 1 aliphatic heterocycles. The molecule has 8 rings (SSSR count). The smallest absolute Gasteiger partial charge is 0.215 e. The highest BCUT2D eigenvalue weighted by Crippen LogP contribution is 2.62. The third kappa shape index (κ3) is 3.84. The number of benzene rings is 6. The monoisotopic (exact) mass is 556 g/mol. The minimum atomic E-state index is -0.722. The lowest BCUT2D eigenvalue weighted by Gasteiger charge is -2.39. The zero-order chi connectivity index (χ0) is 29.0. The van der Waals surface area contributed by atoms with Crippen molar-refractivity contribution in [1.29, 1.82) is 5.41 Å². The normalized spacial score (nSPS) is 14.1. The maximum atomic E-state index is 8.67. The molecule has 6 aromatic carbocycles. The van der Waals surface area contributed by atoms with Crippen molar-refractivity contribution in [2.75, 3.05) is 0 Å². The second kappa shape index (κ2) is 9.83. The lowest BCUT2D eigenvalue weighted by atomic mass is 9.66. The fourth-order valence-electron chi connectivity index (χ4n) is 6.78. The van der Waals surface area contributed by atoms with Crippen molar-refractivity contribution in [1.82, 2.24) is 0 Å². The van der Waals surface area contributed by atoms with Gasteiger partial charge in [-0.3, -0.25) is 11.1 Å². The maximum absolute atomic E-state index is 8.67. The van der Waals surface area contributed by atoms with Crippen molar-refractivity contribution in [3.8, 4) is 33.8 Å². The van der Waals surface area contributed by atoms with E-state index in [9.17, 15) is 0 Å². The Kier molecular flexibility index (Phi) is 5.78. The number of nitrogens with two attached hydrogens (primary N) is 1. The SMILES string of the molecule is N=C(O[C@@H](N)c1ccccc1)c1cccc(-c2ccc3c(c2)C2(c4ccccc4O3)c3ccccc3-c3ccccc32)c1. The number of hydrogen-bond donors (Lipinski definition) is 2. The largest absolute Gasteiger partial charge is 0.457 e. The molecule has 43 heavy (non-hydrogen) atoms. The molecule has 1 aliphatic carbocycles. The summed E-state index contributed by atoms with van der Waals surface area (Å²) in [7, 11) is 0. The Bertz CT molecular complexity index is 1990. The molecule has 2 aliphatic rings. The van der Waals surface area contributed by atoms with Gasteiger partial charge in [0.15, 0.2) is 6.23 Å². The van der Waals surface area contributed by atoms with Gasteiger partial charge in [-0.1, -0.05) is 115 Å². The van der Waals surface area contributed by atoms with Gasteiger partial charge < -0.3 is 9.47 Å². The Labute approximate surface area is 250 Å². The fraction of sp³-hybridized carbons (Fsp3) is 0.0513. The van der Waals surface area contributed by atoms with Crippen molar-refractivity contribution < 1.29 is 9.47 Å². The van der Waals surface area contributed by atoms with E-state index in [1.165, 1.54) is 22.3 Å². The van der Waals surface area contributed by atoms with Crippen LogP contribution in [0.2, 0.25) is 0 Å². The van der Waals surface area contributed by atoms with Gasteiger partial charge in [0.25, 0.3) is 0 Å². The third-order valence-electron chi connectivity index (χ3n) is 8.68. The predicted molar refractivity (Wildman–Crippen MR) is 171 cm³/mol. The minimum absolute atomic E-state index is 0.0311. The van der Waals surface area contributed by atoms with Crippen LogP contribution >= 0.6 is 0 Å². The summed E-state index contributed by atoms with van der Waals surface area (Å²) in [6.07, 6.45) is -0.722. The molecule has 4 nitrogen and oxygen atoms in total. The number of ether oxygens (including phenoxy) is 2. The molecule has 0 fully saturated rings. The van der Waals surface area contributed by atoms with Crippen molar-refractivity contribution in [3.05, 3.63) is 179 Å². The zero-order valence-corrected chi connectivity index (χ0v) is 23.3. The first-order valence-electron chi connectivity index (χ1n) is 14.4. The molecule has 3 N–H and O–H groups in total. The highest BCUT2D eigenvalue weighted by molar-refractivity contribution is 5.94. The molecule has 1 spiro atoms. The van der Waals surface area contributed by atoms with Crippen LogP contribution < -0.4 is 10.5 Å². The number of para-hydroxylation sites is 1. The average Bonchev–Trinajstić information content (AvgIpc) is 3.36. The van der Waals surface area contributed by atoms with Crippen molar-refractivity contribution in [3.63, 3.8) is 0 Å². The average molecular weight is 557 g/mol. The van der Waals surface area contributed by atoms with Gasteiger partial charge in [0.2, 0.25) is 5.90 Å². The summed E-state index contributed by atoms with van der Waals surface area (Å²) in [5.74, 6) is 1.75. The molecule has 206 valence electrons. The molecule has 0 amide bonds. The van der Waals surface area contributed by atoms with Crippen LogP contribution in [0.3, 0.4) is 0 Å². The van der Waals surface area contributed by atoms with E-state index in [0.717, 1.165) is 39.3 Å². The molecule has 4 heteroatoms. The van der Waals surface area contributed by atoms with Crippen LogP contribution in [0.1, 0.15) is 39.6 Å². The van der Waals surface area contributed by atoms with Crippen molar-refractivity contribution in [2.45, 2.75) is 11.6 Å². The maximum Gasteiger partial charge on any atom is 0.215 e. The lowest BCUT2D eigenvalue weighted by molar-refractivity contribution is 0.199. The number of hydrogen-bond acceptors (Lipinski definition) is 4. The van der Waals surface area contributed by atoms with Gasteiger partial charge in [0.1, 0.15) is 11.5 Å². The summed E-state index contributed by atoms with van der Waals surface area (Å²) in [6, 6.07) is 49.7. The van der Waals surface area contributed by atoms with Crippen LogP contribution in [0.4, 0.5) is 0 Å². The molecule has 1 heterocycles. The molecule has 0 unspecified atom stereocenters. The Morgan fingerprint density at radius 3 is 1.93 bits per heavy atom. The molecule has 0 bridgehead atoms. The number of fused-ring (bicyclic) bond motifs is 9. The summed E-state index contributed by atoms with van der Waals surface area (Å²) in [6.45, 7) is 0. The summed E-state index contributed by atoms with van der Waals surface area (Å²) in [4.78, 5) is 0. The summed E-state index contributed by atoms with van der Waals surface area (Å²) in [5, 5.41) is 8.67. The van der Waals surface area contributed by atoms with E-state index in [2.05, 4.69) is 91.0 Å². The highest BCUT2D eigenvalue weighted by Gasteiger charge is 2.50. The van der Waals surface area contributed by atoms with Crippen molar-refractivity contribution in [2.24, 2.45) is 5.73 Å². The molecule has 0 aromatic heterocycles. The molecular weight excluding hydrogens is 528 g/mol. The Hall–Kier alpha value is -5.45. The van der Waals surface area contributed by atoms with E-state index in [1.54, 1.807) is 0 Å². The van der Waals surface area contributed by atoms with Gasteiger partial charge >= 0.3 is 0 Å². The van der Waals surface area contributed by atoms with Gasteiger partial charge in [-0.15, -0.1) is 0 Å². The van der Waals surface area contributed by atoms with Gasteiger partial charge in [-0.05, 0) is 63.7 Å². The van der Waals surface area contributed by atoms with Gasteiger partial charge in [-0.2, -0.15) is 0 Å². The second-order valence-corrected chi connectivity index (χ2v) is 11.0. The Morgan fingerprint density at radius 1 is 0.581 bits per heavy atom. The Balaban J connectivity index is 1.26. The molecule has 0 saturated heterocycles. The molecule has 0 radical (unpaired) electrons. The van der Waals surface area contributed by atoms with E-state index in [4.69, 9.17) is 20.6 Å². The highest BCUT2D eigenvalue weighted by atomic mass is 16.5. The fourth-order valence-corrected chi connectivity index (χ4v) is 6.78. The van der Waals surface area contributed by atoms with E-state index < -0.39 is 11.6 Å². The van der Waals surface area contributed by atoms with E-state index in [-0.39, 0.29) is 5.90 Å². The van der Waals surface area contributed by atoms with Crippen LogP contribution in [0, 0.1) is 5.41 Å². The van der Waals surface area contributed by atoms with Crippen LogP contribution in [-0.4, -0.2) is 5.90 Å².